The SMILES string of the molecule is NC(=NC(=O)C(c1ccc(Cl)c(Cl)c1)N(CCO)C(=O)c1cccc(Cl)c1)c1ccccc1. The molecule has 6 nitrogen and oxygen atoms in total. The number of hydrogen-bond acceptors (Lipinski definition) is 3. The van der Waals surface area contributed by atoms with Gasteiger partial charge in [-0.05, 0) is 35.9 Å². The van der Waals surface area contributed by atoms with Gasteiger partial charge in [-0.25, -0.2) is 0 Å². The second-order valence-corrected chi connectivity index (χ2v) is 8.26. The van der Waals surface area contributed by atoms with E-state index in [-0.39, 0.29) is 28.0 Å². The normalized spacial score (nSPS) is 12.3. The van der Waals surface area contributed by atoms with Crippen LogP contribution in [0.25, 0.3) is 0 Å². The molecule has 0 bridgehead atoms. The zero-order chi connectivity index (χ0) is 24.0. The van der Waals surface area contributed by atoms with Crippen molar-refractivity contribution in [1.29, 1.82) is 0 Å². The van der Waals surface area contributed by atoms with Gasteiger partial charge in [0.1, 0.15) is 11.9 Å². The van der Waals surface area contributed by atoms with Gasteiger partial charge in [0.05, 0.1) is 16.7 Å². The highest BCUT2D eigenvalue weighted by Gasteiger charge is 2.32. The minimum absolute atomic E-state index is 0.00943. The van der Waals surface area contributed by atoms with Gasteiger partial charge < -0.3 is 15.7 Å². The van der Waals surface area contributed by atoms with Crippen LogP contribution < -0.4 is 5.73 Å². The molecule has 0 radical (unpaired) electrons. The molecular weight excluding hydrogens is 485 g/mol. The highest BCUT2D eigenvalue weighted by molar-refractivity contribution is 6.42. The van der Waals surface area contributed by atoms with Crippen molar-refractivity contribution in [2.24, 2.45) is 10.7 Å². The first kappa shape index (κ1) is 24.7. The summed E-state index contributed by atoms with van der Waals surface area (Å²) < 4.78 is 0. The number of aliphatic imine (C=N–C) groups is 1. The molecule has 1 unspecified atom stereocenters. The van der Waals surface area contributed by atoms with Crippen LogP contribution >= 0.6 is 34.8 Å². The van der Waals surface area contributed by atoms with Crippen molar-refractivity contribution in [3.63, 3.8) is 0 Å². The molecule has 3 N–H and O–H groups in total. The van der Waals surface area contributed by atoms with E-state index < -0.39 is 24.5 Å². The molecule has 33 heavy (non-hydrogen) atoms. The fourth-order valence-corrected chi connectivity index (χ4v) is 3.73. The predicted octanol–water partition coefficient (Wildman–Crippen LogP) is 4.75. The van der Waals surface area contributed by atoms with Crippen LogP contribution in [0.2, 0.25) is 15.1 Å². The van der Waals surface area contributed by atoms with Gasteiger partial charge in [0.2, 0.25) is 0 Å². The van der Waals surface area contributed by atoms with Crippen molar-refractivity contribution in [2.45, 2.75) is 6.04 Å². The molecule has 0 spiro atoms. The summed E-state index contributed by atoms with van der Waals surface area (Å²) in [5, 5.41) is 10.5. The van der Waals surface area contributed by atoms with Crippen molar-refractivity contribution in [2.75, 3.05) is 13.2 Å². The Morgan fingerprint density at radius 2 is 1.61 bits per heavy atom. The van der Waals surface area contributed by atoms with E-state index in [4.69, 9.17) is 40.5 Å². The van der Waals surface area contributed by atoms with E-state index in [9.17, 15) is 14.7 Å². The Bertz CT molecular complexity index is 1190. The fourth-order valence-electron chi connectivity index (χ4n) is 3.23. The van der Waals surface area contributed by atoms with E-state index in [1.54, 1.807) is 48.5 Å². The van der Waals surface area contributed by atoms with E-state index in [1.165, 1.54) is 23.1 Å². The predicted molar refractivity (Wildman–Crippen MR) is 131 cm³/mol. The summed E-state index contributed by atoms with van der Waals surface area (Å²) in [5.74, 6) is -1.24. The summed E-state index contributed by atoms with van der Waals surface area (Å²) in [5.41, 5.74) is 7.22. The Hall–Kier alpha value is -2.90. The molecule has 9 heteroatoms. The lowest BCUT2D eigenvalue weighted by atomic mass is 10.0. The molecule has 3 rings (SSSR count). The molecule has 0 fully saturated rings. The first-order valence-electron chi connectivity index (χ1n) is 9.87. The van der Waals surface area contributed by atoms with Crippen LogP contribution in [0.1, 0.15) is 27.5 Å². The minimum atomic E-state index is -1.22. The number of rotatable bonds is 7. The number of aliphatic hydroxyl groups is 1. The number of carbonyl (C=O) groups is 2. The van der Waals surface area contributed by atoms with E-state index in [0.717, 1.165) is 0 Å². The second-order valence-electron chi connectivity index (χ2n) is 7.01. The molecule has 170 valence electrons. The van der Waals surface area contributed by atoms with Gasteiger partial charge in [-0.1, -0.05) is 77.3 Å². The van der Waals surface area contributed by atoms with Gasteiger partial charge in [0, 0.05) is 22.7 Å². The molecular formula is C24H20Cl3N3O3. The molecule has 0 saturated carbocycles. The highest BCUT2D eigenvalue weighted by Crippen LogP contribution is 2.30. The van der Waals surface area contributed by atoms with Crippen molar-refractivity contribution in [1.82, 2.24) is 4.90 Å². The molecule has 0 saturated heterocycles. The van der Waals surface area contributed by atoms with Crippen LogP contribution in [0.5, 0.6) is 0 Å². The number of carbonyl (C=O) groups excluding carboxylic acids is 2. The number of amidine groups is 1. The van der Waals surface area contributed by atoms with Crippen molar-refractivity contribution < 1.29 is 14.7 Å². The minimum Gasteiger partial charge on any atom is -0.395 e. The summed E-state index contributed by atoms with van der Waals surface area (Å²) in [6, 6.07) is 18.4. The Morgan fingerprint density at radius 3 is 2.24 bits per heavy atom. The molecule has 3 aromatic carbocycles. The van der Waals surface area contributed by atoms with Crippen molar-refractivity contribution in [3.05, 3.63) is 105 Å². The molecule has 0 aromatic heterocycles. The van der Waals surface area contributed by atoms with Crippen molar-refractivity contribution in [3.8, 4) is 0 Å². The molecule has 0 aliphatic heterocycles. The second kappa shape index (κ2) is 11.3. The Morgan fingerprint density at radius 1 is 0.909 bits per heavy atom. The Balaban J connectivity index is 2.10. The maximum Gasteiger partial charge on any atom is 0.275 e. The smallest absolute Gasteiger partial charge is 0.275 e. The van der Waals surface area contributed by atoms with Crippen molar-refractivity contribution >= 4 is 52.5 Å². The lowest BCUT2D eigenvalue weighted by Crippen LogP contribution is -2.41. The summed E-state index contributed by atoms with van der Waals surface area (Å²) in [6.07, 6.45) is 0. The van der Waals surface area contributed by atoms with Gasteiger partial charge in [-0.3, -0.25) is 9.59 Å². The number of nitrogens with zero attached hydrogens (tertiary/aromatic N) is 2. The van der Waals surface area contributed by atoms with Crippen LogP contribution in [0.15, 0.2) is 77.8 Å². The number of nitrogens with two attached hydrogens (primary N) is 1. The fraction of sp³-hybridized carbons (Fsp3) is 0.125. The zero-order valence-electron chi connectivity index (χ0n) is 17.3. The lowest BCUT2D eigenvalue weighted by Gasteiger charge is -2.30. The summed E-state index contributed by atoms with van der Waals surface area (Å²) in [6.45, 7) is -0.544. The van der Waals surface area contributed by atoms with Gasteiger partial charge in [-0.15, -0.1) is 0 Å². The summed E-state index contributed by atoms with van der Waals surface area (Å²) >= 11 is 18.3. The zero-order valence-corrected chi connectivity index (χ0v) is 19.6. The summed E-state index contributed by atoms with van der Waals surface area (Å²) in [7, 11) is 0. The van der Waals surface area contributed by atoms with E-state index >= 15 is 0 Å². The molecule has 1 atom stereocenters. The third-order valence-electron chi connectivity index (χ3n) is 4.78. The third kappa shape index (κ3) is 6.12. The Labute approximate surface area is 206 Å². The van der Waals surface area contributed by atoms with Crippen LogP contribution in [-0.4, -0.2) is 40.8 Å². The van der Waals surface area contributed by atoms with Gasteiger partial charge in [0.25, 0.3) is 11.8 Å². The first-order chi connectivity index (χ1) is 15.8. The highest BCUT2D eigenvalue weighted by atomic mass is 35.5. The van der Waals surface area contributed by atoms with Crippen LogP contribution in [0, 0.1) is 0 Å². The monoisotopic (exact) mass is 503 g/mol. The number of halogens is 3. The van der Waals surface area contributed by atoms with E-state index in [0.29, 0.717) is 16.1 Å². The maximum atomic E-state index is 13.4. The molecule has 2 amide bonds. The van der Waals surface area contributed by atoms with E-state index in [1.807, 2.05) is 6.07 Å². The average molecular weight is 505 g/mol. The van der Waals surface area contributed by atoms with E-state index in [2.05, 4.69) is 4.99 Å². The number of hydrogen-bond donors (Lipinski definition) is 2. The number of aliphatic hydroxyl groups excluding tert-OH is 1. The first-order valence-corrected chi connectivity index (χ1v) is 11.0. The molecule has 3 aromatic rings. The largest absolute Gasteiger partial charge is 0.395 e. The van der Waals surface area contributed by atoms with Crippen LogP contribution in [-0.2, 0) is 4.79 Å². The van der Waals surface area contributed by atoms with Gasteiger partial charge in [0.15, 0.2) is 0 Å². The average Bonchev–Trinajstić information content (AvgIpc) is 2.81. The third-order valence-corrected chi connectivity index (χ3v) is 5.75. The maximum absolute atomic E-state index is 13.4. The molecule has 0 heterocycles. The number of benzene rings is 3. The topological polar surface area (TPSA) is 96.0 Å². The number of amides is 2. The lowest BCUT2D eigenvalue weighted by molar-refractivity contribution is -0.122. The Kier molecular flexibility index (Phi) is 8.47. The van der Waals surface area contributed by atoms with Crippen LogP contribution in [0.3, 0.4) is 0 Å². The van der Waals surface area contributed by atoms with Crippen LogP contribution in [0.4, 0.5) is 0 Å². The quantitative estimate of drug-likeness (QED) is 0.358. The summed E-state index contributed by atoms with van der Waals surface area (Å²) in [4.78, 5) is 32.0. The van der Waals surface area contributed by atoms with Gasteiger partial charge in [-0.2, -0.15) is 4.99 Å². The molecule has 0 aliphatic rings. The molecule has 0 aliphatic carbocycles. The standard InChI is InChI=1S/C24H20Cl3N3O3/c25-18-8-4-7-17(13-18)24(33)30(11-12-31)21(16-9-10-19(26)20(27)14-16)23(32)29-22(28)15-5-2-1-3-6-15/h1-10,13-14,21,31H,11-12H2,(H2,28,29,32). The van der Waals surface area contributed by atoms with Gasteiger partial charge >= 0.3 is 0 Å².